The molecule has 3 nitrogen and oxygen atoms in total. The number of rotatable bonds is 4. The third-order valence-corrected chi connectivity index (χ3v) is 5.68. The van der Waals surface area contributed by atoms with Crippen LogP contribution in [-0.4, -0.2) is 43.3 Å². The Morgan fingerprint density at radius 1 is 1.11 bits per heavy atom. The zero-order valence-electron chi connectivity index (χ0n) is 12.2. The first-order valence-electron chi connectivity index (χ1n) is 7.73. The highest BCUT2D eigenvalue weighted by atomic mass is 16.5. The third kappa shape index (κ3) is 2.59. The lowest BCUT2D eigenvalue weighted by Crippen LogP contribution is -2.61. The second-order valence-electron chi connectivity index (χ2n) is 6.28. The fourth-order valence-electron chi connectivity index (χ4n) is 3.79. The monoisotopic (exact) mass is 254 g/mol. The third-order valence-electron chi connectivity index (χ3n) is 5.68. The van der Waals surface area contributed by atoms with Crippen molar-refractivity contribution >= 4 is 0 Å². The molecule has 0 aromatic heterocycles. The van der Waals surface area contributed by atoms with E-state index in [1.165, 1.54) is 51.6 Å². The quantitative estimate of drug-likeness (QED) is 0.837. The number of hydrogen-bond acceptors (Lipinski definition) is 3. The summed E-state index contributed by atoms with van der Waals surface area (Å²) in [4.78, 5) is 2.63. The van der Waals surface area contributed by atoms with E-state index < -0.39 is 0 Å². The number of ether oxygens (including phenoxy) is 1. The van der Waals surface area contributed by atoms with Crippen molar-refractivity contribution < 1.29 is 4.74 Å². The summed E-state index contributed by atoms with van der Waals surface area (Å²) in [6, 6.07) is 0. The Morgan fingerprint density at radius 2 is 1.78 bits per heavy atom. The highest BCUT2D eigenvalue weighted by Crippen LogP contribution is 2.40. The second-order valence-corrected chi connectivity index (χ2v) is 6.28. The van der Waals surface area contributed by atoms with Crippen LogP contribution in [0.1, 0.15) is 52.4 Å². The van der Waals surface area contributed by atoms with E-state index in [9.17, 15) is 0 Å². The molecule has 2 fully saturated rings. The predicted molar refractivity (Wildman–Crippen MR) is 75.7 cm³/mol. The Bertz CT molecular complexity index is 247. The van der Waals surface area contributed by atoms with Crippen LogP contribution in [-0.2, 0) is 4.74 Å². The fraction of sp³-hybridized carbons (Fsp3) is 1.00. The van der Waals surface area contributed by atoms with Gasteiger partial charge < -0.3 is 10.5 Å². The molecule has 0 radical (unpaired) electrons. The van der Waals surface area contributed by atoms with E-state index in [2.05, 4.69) is 18.7 Å². The summed E-state index contributed by atoms with van der Waals surface area (Å²) >= 11 is 0. The number of likely N-dealkylation sites (tertiary alicyclic amines) is 1. The number of nitrogens with zero attached hydrogens (tertiary/aromatic N) is 1. The Kier molecular flexibility index (Phi) is 4.68. The van der Waals surface area contributed by atoms with Crippen molar-refractivity contribution in [1.82, 2.24) is 4.90 Å². The Balaban J connectivity index is 1.99. The molecule has 0 bridgehead atoms. The zero-order chi connectivity index (χ0) is 13.1. The van der Waals surface area contributed by atoms with Gasteiger partial charge in [0, 0.05) is 13.2 Å². The molecule has 0 aromatic carbocycles. The number of nitrogens with two attached hydrogens (primary N) is 1. The lowest BCUT2D eigenvalue weighted by Gasteiger charge is -2.51. The lowest BCUT2D eigenvalue weighted by atomic mass is 9.73. The van der Waals surface area contributed by atoms with E-state index in [0.29, 0.717) is 5.41 Å². The zero-order valence-corrected chi connectivity index (χ0v) is 12.2. The molecule has 0 aromatic rings. The highest BCUT2D eigenvalue weighted by Gasteiger charge is 2.41. The smallest absolute Gasteiger partial charge is 0.0662 e. The minimum Gasteiger partial charge on any atom is -0.379 e. The van der Waals surface area contributed by atoms with Crippen molar-refractivity contribution in [3.8, 4) is 0 Å². The van der Waals surface area contributed by atoms with Crippen molar-refractivity contribution in [3.63, 3.8) is 0 Å². The van der Waals surface area contributed by atoms with Gasteiger partial charge >= 0.3 is 0 Å². The molecule has 2 aliphatic rings. The molecule has 18 heavy (non-hydrogen) atoms. The molecule has 2 aliphatic heterocycles. The maximum Gasteiger partial charge on any atom is 0.0662 e. The fourth-order valence-corrected chi connectivity index (χ4v) is 3.79. The largest absolute Gasteiger partial charge is 0.379 e. The number of hydrogen-bond donors (Lipinski definition) is 1. The minimum atomic E-state index is 0.145. The van der Waals surface area contributed by atoms with E-state index in [-0.39, 0.29) is 5.54 Å². The first-order chi connectivity index (χ1) is 8.70. The highest BCUT2D eigenvalue weighted by molar-refractivity contribution is 4.97. The predicted octanol–water partition coefficient (Wildman–Crippen LogP) is 2.40. The summed E-state index contributed by atoms with van der Waals surface area (Å²) in [6.07, 6.45) is 7.70. The molecule has 1 unspecified atom stereocenters. The molecule has 3 heteroatoms. The molecule has 2 saturated heterocycles. The Hall–Kier alpha value is -0.120. The first kappa shape index (κ1) is 14.3. The van der Waals surface area contributed by atoms with Gasteiger partial charge in [-0.3, -0.25) is 4.90 Å². The topological polar surface area (TPSA) is 38.5 Å². The first-order valence-corrected chi connectivity index (χ1v) is 7.73. The minimum absolute atomic E-state index is 0.145. The molecule has 106 valence electrons. The molecule has 2 N–H and O–H groups in total. The van der Waals surface area contributed by atoms with Gasteiger partial charge in [-0.25, -0.2) is 0 Å². The molecule has 0 aliphatic carbocycles. The van der Waals surface area contributed by atoms with Crippen LogP contribution in [0.5, 0.6) is 0 Å². The van der Waals surface area contributed by atoms with Gasteiger partial charge in [0.25, 0.3) is 0 Å². The molecule has 1 atom stereocenters. The normalized spacial score (nSPS) is 33.5. The molecule has 2 heterocycles. The van der Waals surface area contributed by atoms with Crippen LogP contribution < -0.4 is 5.73 Å². The average Bonchev–Trinajstić information content (AvgIpc) is 2.48. The second kappa shape index (κ2) is 5.89. The van der Waals surface area contributed by atoms with Gasteiger partial charge in [-0.2, -0.15) is 0 Å². The van der Waals surface area contributed by atoms with Crippen LogP contribution in [0.15, 0.2) is 0 Å². The van der Waals surface area contributed by atoms with Crippen LogP contribution in [0.2, 0.25) is 0 Å². The van der Waals surface area contributed by atoms with E-state index >= 15 is 0 Å². The Morgan fingerprint density at radius 3 is 2.22 bits per heavy atom. The summed E-state index contributed by atoms with van der Waals surface area (Å²) in [5.74, 6) is 0. The van der Waals surface area contributed by atoms with Crippen LogP contribution >= 0.6 is 0 Å². The SMILES string of the molecule is CCC1(CC)CCN(C2(CN)CCCOC2)CC1. The van der Waals surface area contributed by atoms with Gasteiger partial charge in [-0.1, -0.05) is 26.7 Å². The van der Waals surface area contributed by atoms with E-state index in [0.717, 1.165) is 19.8 Å². The summed E-state index contributed by atoms with van der Waals surface area (Å²) in [5, 5.41) is 0. The maximum absolute atomic E-state index is 6.08. The molecule has 2 rings (SSSR count). The van der Waals surface area contributed by atoms with Crippen molar-refractivity contribution in [2.75, 3.05) is 32.8 Å². The van der Waals surface area contributed by atoms with Gasteiger partial charge in [0.15, 0.2) is 0 Å². The summed E-state index contributed by atoms with van der Waals surface area (Å²) in [6.45, 7) is 9.63. The standard InChI is InChI=1S/C15H30N2O/c1-3-14(4-2)7-9-17(10-8-14)15(12-16)6-5-11-18-13-15/h3-13,16H2,1-2H3. The van der Waals surface area contributed by atoms with Crippen LogP contribution in [0.4, 0.5) is 0 Å². The summed E-state index contributed by atoms with van der Waals surface area (Å²) < 4.78 is 5.71. The van der Waals surface area contributed by atoms with Crippen LogP contribution in [0, 0.1) is 5.41 Å². The summed E-state index contributed by atoms with van der Waals surface area (Å²) in [7, 11) is 0. The van der Waals surface area contributed by atoms with E-state index in [4.69, 9.17) is 10.5 Å². The molecule has 0 saturated carbocycles. The molecular formula is C15H30N2O. The van der Waals surface area contributed by atoms with Gasteiger partial charge in [0.1, 0.15) is 0 Å². The summed E-state index contributed by atoms with van der Waals surface area (Å²) in [5.41, 5.74) is 6.82. The Labute approximate surface area is 112 Å². The van der Waals surface area contributed by atoms with E-state index in [1.54, 1.807) is 0 Å². The van der Waals surface area contributed by atoms with Gasteiger partial charge in [-0.15, -0.1) is 0 Å². The lowest BCUT2D eigenvalue weighted by molar-refractivity contribution is -0.0680. The molecular weight excluding hydrogens is 224 g/mol. The molecule has 0 amide bonds. The van der Waals surface area contributed by atoms with Crippen molar-refractivity contribution in [1.29, 1.82) is 0 Å². The van der Waals surface area contributed by atoms with Crippen LogP contribution in [0.25, 0.3) is 0 Å². The van der Waals surface area contributed by atoms with Gasteiger partial charge in [0.05, 0.1) is 12.1 Å². The van der Waals surface area contributed by atoms with Gasteiger partial charge in [-0.05, 0) is 44.2 Å². The number of piperidine rings is 1. The van der Waals surface area contributed by atoms with Crippen molar-refractivity contribution in [3.05, 3.63) is 0 Å². The average molecular weight is 254 g/mol. The molecule has 0 spiro atoms. The van der Waals surface area contributed by atoms with Crippen molar-refractivity contribution in [2.45, 2.75) is 57.9 Å². The van der Waals surface area contributed by atoms with Gasteiger partial charge in [0.2, 0.25) is 0 Å². The van der Waals surface area contributed by atoms with Crippen LogP contribution in [0.3, 0.4) is 0 Å². The maximum atomic E-state index is 6.08. The van der Waals surface area contributed by atoms with Crippen molar-refractivity contribution in [2.24, 2.45) is 11.1 Å². The van der Waals surface area contributed by atoms with E-state index in [1.807, 2.05) is 0 Å².